The molecule has 0 aromatic carbocycles. The molecule has 0 amide bonds. The van der Waals surface area contributed by atoms with Gasteiger partial charge in [0.1, 0.15) is 0 Å². The predicted molar refractivity (Wildman–Crippen MR) is 24.7 cm³/mol. The van der Waals surface area contributed by atoms with Crippen LogP contribution in [0.5, 0.6) is 0 Å². The van der Waals surface area contributed by atoms with E-state index in [1.54, 1.807) is 0 Å². The van der Waals surface area contributed by atoms with Crippen LogP contribution in [0.3, 0.4) is 0 Å². The topological polar surface area (TPSA) is 0 Å². The van der Waals surface area contributed by atoms with Crippen LogP contribution in [0.15, 0.2) is 0 Å². The first kappa shape index (κ1) is 9.48. The Morgan fingerprint density at radius 3 is 1.00 bits per heavy atom. The molecule has 0 atom stereocenters. The average Bonchev–Trinajstić information content (AvgIpc) is 0.811. The van der Waals surface area contributed by atoms with Crippen LogP contribution < -0.4 is 0 Å². The summed E-state index contributed by atoms with van der Waals surface area (Å²) < 4.78 is 0. The molecule has 0 nitrogen and oxygen atoms in total. The minimum absolute atomic E-state index is 0. The average molecular weight is 273 g/mol. The van der Waals surface area contributed by atoms with Gasteiger partial charge in [-0.1, -0.05) is 0 Å². The second-order valence-corrected chi connectivity index (χ2v) is 4.02. The van der Waals surface area contributed by atoms with Crippen LogP contribution >= 0.6 is 7.92 Å². The summed E-state index contributed by atoms with van der Waals surface area (Å²) >= 11 is 0. The van der Waals surface area contributed by atoms with Crippen LogP contribution in [-0.4, -0.2) is 20.0 Å². The van der Waals surface area contributed by atoms with E-state index in [1.165, 1.54) is 0 Å². The fraction of sp³-hybridized carbons (Fsp3) is 1.00. The van der Waals surface area contributed by atoms with E-state index < -0.39 is 0 Å². The SMILES string of the molecule is CP(C)C.[Au]. The van der Waals surface area contributed by atoms with Crippen molar-refractivity contribution < 1.29 is 22.4 Å². The molecule has 0 aromatic rings. The molecule has 0 aromatic heterocycles. The Hall–Kier alpha value is 1.17. The third-order valence-electron chi connectivity index (χ3n) is 0. The van der Waals surface area contributed by atoms with Gasteiger partial charge in [0.05, 0.1) is 0 Å². The zero-order valence-electron chi connectivity index (χ0n) is 3.75. The molecule has 0 fully saturated rings. The summed E-state index contributed by atoms with van der Waals surface area (Å²) in [4.78, 5) is 0. The predicted octanol–water partition coefficient (Wildman–Crippen LogP) is 1.36. The van der Waals surface area contributed by atoms with E-state index in [0.29, 0.717) is 7.92 Å². The van der Waals surface area contributed by atoms with E-state index in [-0.39, 0.29) is 22.4 Å². The van der Waals surface area contributed by atoms with Crippen LogP contribution in [0.1, 0.15) is 0 Å². The summed E-state index contributed by atoms with van der Waals surface area (Å²) in [5.41, 5.74) is 0. The number of rotatable bonds is 0. The van der Waals surface area contributed by atoms with Crippen molar-refractivity contribution in [1.82, 2.24) is 0 Å². The molecular weight excluding hydrogens is 264 g/mol. The van der Waals surface area contributed by atoms with Crippen molar-refractivity contribution in [2.24, 2.45) is 0 Å². The maximum absolute atomic E-state index is 2.23. The van der Waals surface area contributed by atoms with E-state index in [9.17, 15) is 0 Å². The van der Waals surface area contributed by atoms with Gasteiger partial charge in [-0.25, -0.2) is 0 Å². The molecule has 5 heavy (non-hydrogen) atoms. The summed E-state index contributed by atoms with van der Waals surface area (Å²) in [5, 5.41) is 0. The molecule has 0 saturated carbocycles. The van der Waals surface area contributed by atoms with Gasteiger partial charge in [-0.2, -0.15) is 0 Å². The largest absolute Gasteiger partial charge is 0.116 e. The summed E-state index contributed by atoms with van der Waals surface area (Å²) in [7, 11) is 0.380. The minimum atomic E-state index is 0. The van der Waals surface area contributed by atoms with E-state index in [0.717, 1.165) is 0 Å². The Kier molecular flexibility index (Phi) is 9.81. The van der Waals surface area contributed by atoms with Crippen LogP contribution in [-0.2, 0) is 22.4 Å². The maximum atomic E-state index is 2.23. The van der Waals surface area contributed by atoms with Crippen LogP contribution in [0.2, 0.25) is 0 Å². The molecule has 0 spiro atoms. The quantitative estimate of drug-likeness (QED) is 0.462. The van der Waals surface area contributed by atoms with Gasteiger partial charge in [0.15, 0.2) is 0 Å². The number of hydrogen-bond acceptors (Lipinski definition) is 0. The van der Waals surface area contributed by atoms with Gasteiger partial charge in [0, 0.05) is 22.4 Å². The van der Waals surface area contributed by atoms with Gasteiger partial charge in [-0.15, -0.1) is 7.92 Å². The first-order valence-corrected chi connectivity index (χ1v) is 4.02. The first-order valence-electron chi connectivity index (χ1n) is 1.34. The van der Waals surface area contributed by atoms with E-state index in [2.05, 4.69) is 20.0 Å². The molecule has 0 unspecified atom stereocenters. The van der Waals surface area contributed by atoms with Crippen molar-refractivity contribution in [1.29, 1.82) is 0 Å². The summed E-state index contributed by atoms with van der Waals surface area (Å²) in [6, 6.07) is 0. The molecule has 0 aliphatic carbocycles. The zero-order valence-corrected chi connectivity index (χ0v) is 6.81. The fourth-order valence-corrected chi connectivity index (χ4v) is 0. The standard InChI is InChI=1S/C3H9P.Au/c1-4(2)3;/h1-3H3;. The van der Waals surface area contributed by atoms with Crippen molar-refractivity contribution in [3.05, 3.63) is 0 Å². The molecule has 0 N–H and O–H groups in total. The van der Waals surface area contributed by atoms with Gasteiger partial charge in [-0.3, -0.25) is 0 Å². The molecular formula is C3H9AuP. The normalized spacial score (nSPS) is 7.20. The summed E-state index contributed by atoms with van der Waals surface area (Å²) in [6.07, 6.45) is 0. The van der Waals surface area contributed by atoms with E-state index >= 15 is 0 Å². The van der Waals surface area contributed by atoms with Crippen molar-refractivity contribution in [3.63, 3.8) is 0 Å². The number of hydrogen-bond donors (Lipinski definition) is 0. The molecule has 37 valence electrons. The third-order valence-corrected chi connectivity index (χ3v) is 0. The van der Waals surface area contributed by atoms with Gasteiger partial charge >= 0.3 is 0 Å². The molecule has 2 heteroatoms. The van der Waals surface area contributed by atoms with Crippen molar-refractivity contribution in [3.8, 4) is 0 Å². The second-order valence-electron chi connectivity index (χ2n) is 1.34. The van der Waals surface area contributed by atoms with Crippen molar-refractivity contribution >= 4 is 7.92 Å². The Labute approximate surface area is 50.6 Å². The molecule has 0 aliphatic heterocycles. The summed E-state index contributed by atoms with van der Waals surface area (Å²) in [5.74, 6) is 0. The molecule has 0 bridgehead atoms. The Balaban J connectivity index is 0. The fourth-order valence-electron chi connectivity index (χ4n) is 0. The van der Waals surface area contributed by atoms with E-state index in [4.69, 9.17) is 0 Å². The Morgan fingerprint density at radius 1 is 1.00 bits per heavy atom. The van der Waals surface area contributed by atoms with Crippen molar-refractivity contribution in [2.45, 2.75) is 0 Å². The van der Waals surface area contributed by atoms with Crippen LogP contribution in [0.4, 0.5) is 0 Å². The Bertz CT molecular complexity index is 11.6. The first-order chi connectivity index (χ1) is 1.73. The maximum Gasteiger partial charge on any atom is 0 e. The minimum Gasteiger partial charge on any atom is -0.116 e. The Morgan fingerprint density at radius 2 is 1.00 bits per heavy atom. The monoisotopic (exact) mass is 273 g/mol. The molecule has 0 aliphatic rings. The van der Waals surface area contributed by atoms with Crippen molar-refractivity contribution in [2.75, 3.05) is 20.0 Å². The third kappa shape index (κ3) is 37.9. The van der Waals surface area contributed by atoms with Gasteiger partial charge in [0.2, 0.25) is 0 Å². The van der Waals surface area contributed by atoms with Crippen LogP contribution in [0, 0.1) is 0 Å². The van der Waals surface area contributed by atoms with Gasteiger partial charge < -0.3 is 0 Å². The molecule has 0 rings (SSSR count). The van der Waals surface area contributed by atoms with Gasteiger partial charge in [-0.05, 0) is 20.0 Å². The molecule has 0 heterocycles. The zero-order chi connectivity index (χ0) is 3.58. The van der Waals surface area contributed by atoms with E-state index in [1.807, 2.05) is 0 Å². The second kappa shape index (κ2) is 5.17. The smallest absolute Gasteiger partial charge is 0 e. The molecule has 0 saturated heterocycles. The summed E-state index contributed by atoms with van der Waals surface area (Å²) in [6.45, 7) is 6.69. The molecule has 1 radical (unpaired) electrons. The van der Waals surface area contributed by atoms with Gasteiger partial charge in [0.25, 0.3) is 0 Å². The van der Waals surface area contributed by atoms with Crippen LogP contribution in [0.25, 0.3) is 0 Å².